The molecular formula is C24H25NO3. The number of hydrogen-bond donors (Lipinski definition) is 1. The molecule has 0 aliphatic rings. The highest BCUT2D eigenvalue weighted by Crippen LogP contribution is 2.31. The molecule has 0 saturated heterocycles. The molecule has 0 aromatic heterocycles. The number of carbonyl (C=O) groups excluding carboxylic acids is 1. The number of rotatable bonds is 7. The van der Waals surface area contributed by atoms with Crippen LogP contribution >= 0.6 is 0 Å². The van der Waals surface area contributed by atoms with E-state index in [1.807, 2.05) is 67.6 Å². The largest absolute Gasteiger partial charge is 0.493 e. The lowest BCUT2D eigenvalue weighted by molar-refractivity contribution is 0.0935. The highest BCUT2D eigenvalue weighted by Gasteiger charge is 2.16. The maximum absolute atomic E-state index is 12.7. The Balaban J connectivity index is 1.75. The standard InChI is InChI=1S/C24H25NO3/c1-4-21(20-14-15-22(27-2)23(16-20)28-3)25-24(26)19-12-10-18(11-13-19)17-8-6-5-7-9-17/h5-16,21H,4H2,1-3H3,(H,25,26)/t21-/m0/s1. The van der Waals surface area contributed by atoms with Gasteiger partial charge in [0.25, 0.3) is 5.91 Å². The Morgan fingerprint density at radius 3 is 2.11 bits per heavy atom. The van der Waals surface area contributed by atoms with Gasteiger partial charge in [0.15, 0.2) is 11.5 Å². The van der Waals surface area contributed by atoms with Gasteiger partial charge >= 0.3 is 0 Å². The van der Waals surface area contributed by atoms with Crippen molar-refractivity contribution in [1.29, 1.82) is 0 Å². The lowest BCUT2D eigenvalue weighted by Crippen LogP contribution is -2.28. The van der Waals surface area contributed by atoms with Gasteiger partial charge in [-0.05, 0) is 47.4 Å². The fourth-order valence-electron chi connectivity index (χ4n) is 3.18. The Labute approximate surface area is 166 Å². The number of methoxy groups -OCH3 is 2. The summed E-state index contributed by atoms with van der Waals surface area (Å²) in [7, 11) is 3.21. The van der Waals surface area contributed by atoms with Crippen molar-refractivity contribution in [3.05, 3.63) is 83.9 Å². The van der Waals surface area contributed by atoms with Crippen molar-refractivity contribution in [2.45, 2.75) is 19.4 Å². The Morgan fingerprint density at radius 1 is 0.857 bits per heavy atom. The number of amides is 1. The van der Waals surface area contributed by atoms with Crippen molar-refractivity contribution in [2.75, 3.05) is 14.2 Å². The molecule has 1 atom stereocenters. The summed E-state index contributed by atoms with van der Waals surface area (Å²) < 4.78 is 10.7. The second kappa shape index (κ2) is 9.09. The van der Waals surface area contributed by atoms with Gasteiger partial charge in [0.2, 0.25) is 0 Å². The normalized spacial score (nSPS) is 11.5. The van der Waals surface area contributed by atoms with E-state index in [-0.39, 0.29) is 11.9 Å². The van der Waals surface area contributed by atoms with Crippen molar-refractivity contribution in [3.8, 4) is 22.6 Å². The third-order valence-electron chi connectivity index (χ3n) is 4.78. The molecule has 4 heteroatoms. The van der Waals surface area contributed by atoms with Gasteiger partial charge in [-0.1, -0.05) is 55.5 Å². The van der Waals surface area contributed by atoms with Crippen LogP contribution in [-0.4, -0.2) is 20.1 Å². The molecule has 0 unspecified atom stereocenters. The van der Waals surface area contributed by atoms with E-state index in [0.717, 1.165) is 23.1 Å². The number of ether oxygens (including phenoxy) is 2. The second-order valence-electron chi connectivity index (χ2n) is 6.49. The molecule has 3 rings (SSSR count). The Kier molecular flexibility index (Phi) is 6.33. The van der Waals surface area contributed by atoms with Crippen LogP contribution in [-0.2, 0) is 0 Å². The first-order valence-corrected chi connectivity index (χ1v) is 9.34. The minimum absolute atomic E-state index is 0.0961. The molecule has 28 heavy (non-hydrogen) atoms. The SMILES string of the molecule is CC[C@H](NC(=O)c1ccc(-c2ccccc2)cc1)c1ccc(OC)c(OC)c1. The summed E-state index contributed by atoms with van der Waals surface area (Å²) in [5.74, 6) is 1.23. The summed E-state index contributed by atoms with van der Waals surface area (Å²) in [5.41, 5.74) is 3.84. The van der Waals surface area contributed by atoms with Gasteiger partial charge in [0.05, 0.1) is 20.3 Å². The van der Waals surface area contributed by atoms with Crippen LogP contribution in [0.3, 0.4) is 0 Å². The molecule has 0 spiro atoms. The fourth-order valence-corrected chi connectivity index (χ4v) is 3.18. The van der Waals surface area contributed by atoms with Crippen molar-refractivity contribution in [1.82, 2.24) is 5.32 Å². The van der Waals surface area contributed by atoms with E-state index in [2.05, 4.69) is 17.4 Å². The minimum atomic E-state index is -0.110. The molecule has 1 amide bonds. The first kappa shape index (κ1) is 19.5. The maximum atomic E-state index is 12.7. The lowest BCUT2D eigenvalue weighted by Gasteiger charge is -2.19. The Morgan fingerprint density at radius 2 is 1.50 bits per heavy atom. The van der Waals surface area contributed by atoms with Gasteiger partial charge in [-0.15, -0.1) is 0 Å². The van der Waals surface area contributed by atoms with Crippen LogP contribution < -0.4 is 14.8 Å². The lowest BCUT2D eigenvalue weighted by atomic mass is 10.0. The minimum Gasteiger partial charge on any atom is -0.493 e. The zero-order chi connectivity index (χ0) is 19.9. The van der Waals surface area contributed by atoms with Gasteiger partial charge < -0.3 is 14.8 Å². The third kappa shape index (κ3) is 4.34. The molecule has 0 saturated carbocycles. The average Bonchev–Trinajstić information content (AvgIpc) is 2.77. The van der Waals surface area contributed by atoms with Crippen LogP contribution in [0.15, 0.2) is 72.8 Å². The number of nitrogens with one attached hydrogen (secondary N) is 1. The van der Waals surface area contributed by atoms with Gasteiger partial charge in [-0.25, -0.2) is 0 Å². The van der Waals surface area contributed by atoms with Gasteiger partial charge in [0, 0.05) is 5.56 Å². The predicted molar refractivity (Wildman–Crippen MR) is 112 cm³/mol. The van der Waals surface area contributed by atoms with Gasteiger partial charge in [-0.2, -0.15) is 0 Å². The fraction of sp³-hybridized carbons (Fsp3) is 0.208. The van der Waals surface area contributed by atoms with E-state index >= 15 is 0 Å². The topological polar surface area (TPSA) is 47.6 Å². The van der Waals surface area contributed by atoms with Crippen LogP contribution in [0.2, 0.25) is 0 Å². The van der Waals surface area contributed by atoms with E-state index in [1.54, 1.807) is 14.2 Å². The van der Waals surface area contributed by atoms with E-state index in [9.17, 15) is 4.79 Å². The predicted octanol–water partition coefficient (Wildman–Crippen LogP) is 5.25. The molecule has 0 aliphatic heterocycles. The summed E-state index contributed by atoms with van der Waals surface area (Å²) in [4.78, 5) is 12.7. The molecule has 0 bridgehead atoms. The van der Waals surface area contributed by atoms with E-state index < -0.39 is 0 Å². The summed E-state index contributed by atoms with van der Waals surface area (Å²) in [6.07, 6.45) is 0.767. The van der Waals surface area contributed by atoms with Crippen molar-refractivity contribution in [2.24, 2.45) is 0 Å². The molecular weight excluding hydrogens is 350 g/mol. The third-order valence-corrected chi connectivity index (χ3v) is 4.78. The Hall–Kier alpha value is -3.27. The van der Waals surface area contributed by atoms with E-state index in [4.69, 9.17) is 9.47 Å². The molecule has 0 fully saturated rings. The second-order valence-corrected chi connectivity index (χ2v) is 6.49. The summed E-state index contributed by atoms with van der Waals surface area (Å²) in [6, 6.07) is 23.4. The number of carbonyl (C=O) groups is 1. The summed E-state index contributed by atoms with van der Waals surface area (Å²) >= 11 is 0. The van der Waals surface area contributed by atoms with Gasteiger partial charge in [-0.3, -0.25) is 4.79 Å². The Bertz CT molecular complexity index is 920. The van der Waals surface area contributed by atoms with Crippen LogP contribution in [0.25, 0.3) is 11.1 Å². The number of benzene rings is 3. The number of hydrogen-bond acceptors (Lipinski definition) is 3. The van der Waals surface area contributed by atoms with Crippen molar-refractivity contribution < 1.29 is 14.3 Å². The van der Waals surface area contributed by atoms with E-state index in [1.165, 1.54) is 0 Å². The molecule has 3 aromatic carbocycles. The highest BCUT2D eigenvalue weighted by atomic mass is 16.5. The first-order chi connectivity index (χ1) is 13.7. The highest BCUT2D eigenvalue weighted by molar-refractivity contribution is 5.95. The molecule has 0 aliphatic carbocycles. The first-order valence-electron chi connectivity index (χ1n) is 9.34. The monoisotopic (exact) mass is 375 g/mol. The maximum Gasteiger partial charge on any atom is 0.251 e. The van der Waals surface area contributed by atoms with Crippen molar-refractivity contribution >= 4 is 5.91 Å². The summed E-state index contributed by atoms with van der Waals surface area (Å²) in [6.45, 7) is 2.04. The van der Waals surface area contributed by atoms with Crippen LogP contribution in [0.1, 0.15) is 35.3 Å². The quantitative estimate of drug-likeness (QED) is 0.613. The van der Waals surface area contributed by atoms with Crippen molar-refractivity contribution in [3.63, 3.8) is 0 Å². The smallest absolute Gasteiger partial charge is 0.251 e. The van der Waals surface area contributed by atoms with Crippen LogP contribution in [0.5, 0.6) is 11.5 Å². The van der Waals surface area contributed by atoms with Crippen LogP contribution in [0.4, 0.5) is 0 Å². The molecule has 0 heterocycles. The molecule has 3 aromatic rings. The summed E-state index contributed by atoms with van der Waals surface area (Å²) in [5, 5.41) is 3.11. The molecule has 1 N–H and O–H groups in total. The molecule has 4 nitrogen and oxygen atoms in total. The van der Waals surface area contributed by atoms with Crippen LogP contribution in [0, 0.1) is 0 Å². The zero-order valence-electron chi connectivity index (χ0n) is 16.4. The molecule has 0 radical (unpaired) electrons. The van der Waals surface area contributed by atoms with E-state index in [0.29, 0.717) is 17.1 Å². The zero-order valence-corrected chi connectivity index (χ0v) is 16.4. The average molecular weight is 375 g/mol. The van der Waals surface area contributed by atoms with Gasteiger partial charge in [0.1, 0.15) is 0 Å². The molecule has 144 valence electrons.